The summed E-state index contributed by atoms with van der Waals surface area (Å²) in [5.74, 6) is -0.358. The fraction of sp³-hybridized carbons (Fsp3) is 0.217. The Hall–Kier alpha value is -2.62. The SMILES string of the molecule is O=c1cc(-c2cn(S)c3ncc(N4CCOCC4)cc23)ccn1Cc1cccc(Br)c1F. The molecule has 5 rings (SSSR count). The predicted octanol–water partition coefficient (Wildman–Crippen LogP) is 4.34. The lowest BCUT2D eigenvalue weighted by molar-refractivity contribution is 0.122. The molecule has 9 heteroatoms. The average Bonchev–Trinajstić information content (AvgIpc) is 3.14. The topological polar surface area (TPSA) is 52.3 Å². The van der Waals surface area contributed by atoms with Gasteiger partial charge >= 0.3 is 0 Å². The molecule has 0 atom stereocenters. The minimum Gasteiger partial charge on any atom is -0.378 e. The zero-order valence-corrected chi connectivity index (χ0v) is 19.5. The van der Waals surface area contributed by atoms with E-state index in [0.717, 1.165) is 40.9 Å². The monoisotopic (exact) mass is 514 g/mol. The van der Waals surface area contributed by atoms with Crippen molar-refractivity contribution in [1.29, 1.82) is 0 Å². The summed E-state index contributed by atoms with van der Waals surface area (Å²) in [5.41, 5.74) is 3.61. The highest BCUT2D eigenvalue weighted by Crippen LogP contribution is 2.32. The lowest BCUT2D eigenvalue weighted by Gasteiger charge is -2.28. The van der Waals surface area contributed by atoms with Crippen molar-refractivity contribution in [2.45, 2.75) is 6.54 Å². The van der Waals surface area contributed by atoms with Gasteiger partial charge in [0.15, 0.2) is 5.65 Å². The second-order valence-electron chi connectivity index (χ2n) is 7.65. The Bertz CT molecular complexity index is 1360. The van der Waals surface area contributed by atoms with Crippen LogP contribution in [-0.4, -0.2) is 39.8 Å². The summed E-state index contributed by atoms with van der Waals surface area (Å²) in [6.45, 7) is 3.16. The fourth-order valence-corrected chi connectivity index (χ4v) is 4.65. The molecule has 1 saturated heterocycles. The summed E-state index contributed by atoms with van der Waals surface area (Å²) >= 11 is 7.70. The number of ether oxygens (including phenoxy) is 1. The van der Waals surface area contributed by atoms with Gasteiger partial charge in [-0.2, -0.15) is 0 Å². The van der Waals surface area contributed by atoms with Gasteiger partial charge in [0.1, 0.15) is 5.82 Å². The number of rotatable bonds is 4. The highest BCUT2D eigenvalue weighted by Gasteiger charge is 2.17. The summed E-state index contributed by atoms with van der Waals surface area (Å²) in [6.07, 6.45) is 5.39. The van der Waals surface area contributed by atoms with Crippen molar-refractivity contribution in [3.63, 3.8) is 0 Å². The first-order valence-electron chi connectivity index (χ1n) is 10.2. The normalized spacial score (nSPS) is 14.3. The van der Waals surface area contributed by atoms with Crippen LogP contribution in [0.2, 0.25) is 0 Å². The van der Waals surface area contributed by atoms with E-state index < -0.39 is 0 Å². The van der Waals surface area contributed by atoms with Crippen LogP contribution in [0.3, 0.4) is 0 Å². The Morgan fingerprint density at radius 2 is 2.00 bits per heavy atom. The third-order valence-corrected chi connectivity index (χ3v) is 6.58. The van der Waals surface area contributed by atoms with Crippen molar-refractivity contribution in [3.05, 3.63) is 81.2 Å². The van der Waals surface area contributed by atoms with Gasteiger partial charge in [-0.15, -0.1) is 0 Å². The second-order valence-corrected chi connectivity index (χ2v) is 8.93. The average molecular weight is 515 g/mol. The lowest BCUT2D eigenvalue weighted by Crippen LogP contribution is -2.36. The van der Waals surface area contributed by atoms with Gasteiger partial charge in [0.05, 0.1) is 36.1 Å². The lowest BCUT2D eigenvalue weighted by atomic mass is 10.1. The van der Waals surface area contributed by atoms with Crippen molar-refractivity contribution in [2.75, 3.05) is 31.2 Å². The van der Waals surface area contributed by atoms with E-state index in [4.69, 9.17) is 4.74 Å². The molecule has 0 aliphatic carbocycles. The summed E-state index contributed by atoms with van der Waals surface area (Å²) < 4.78 is 23.3. The fourth-order valence-electron chi connectivity index (χ4n) is 3.96. The van der Waals surface area contributed by atoms with Crippen LogP contribution >= 0.6 is 28.7 Å². The molecule has 32 heavy (non-hydrogen) atoms. The zero-order chi connectivity index (χ0) is 22.2. The quantitative estimate of drug-likeness (QED) is 0.411. The third kappa shape index (κ3) is 3.96. The number of morpholine rings is 1. The number of aromatic nitrogens is 3. The van der Waals surface area contributed by atoms with Crippen molar-refractivity contribution < 1.29 is 9.13 Å². The molecule has 0 saturated carbocycles. The number of benzene rings is 1. The molecule has 3 aromatic heterocycles. The Labute approximate surface area is 197 Å². The Kier molecular flexibility index (Phi) is 5.79. The molecule has 164 valence electrons. The summed E-state index contributed by atoms with van der Waals surface area (Å²) in [6, 6.07) is 10.6. The van der Waals surface area contributed by atoms with Gasteiger partial charge in [-0.3, -0.25) is 8.77 Å². The molecule has 6 nitrogen and oxygen atoms in total. The van der Waals surface area contributed by atoms with Gasteiger partial charge in [-0.05, 0) is 39.7 Å². The van der Waals surface area contributed by atoms with Gasteiger partial charge in [0, 0.05) is 48.1 Å². The second kappa shape index (κ2) is 8.73. The number of hydrogen-bond donors (Lipinski definition) is 1. The molecule has 0 spiro atoms. The smallest absolute Gasteiger partial charge is 0.251 e. The van der Waals surface area contributed by atoms with Crippen LogP contribution in [0.15, 0.2) is 64.3 Å². The third-order valence-electron chi connectivity index (χ3n) is 5.67. The van der Waals surface area contributed by atoms with E-state index in [-0.39, 0.29) is 17.9 Å². The molecular formula is C23H20BrFN4O2S. The van der Waals surface area contributed by atoms with Gasteiger partial charge in [0.25, 0.3) is 5.56 Å². The van der Waals surface area contributed by atoms with Gasteiger partial charge in [-0.1, -0.05) is 24.9 Å². The maximum absolute atomic E-state index is 14.3. The number of hydrogen-bond acceptors (Lipinski definition) is 5. The molecule has 0 bridgehead atoms. The molecule has 0 amide bonds. The van der Waals surface area contributed by atoms with Gasteiger partial charge in [-0.25, -0.2) is 9.37 Å². The van der Waals surface area contributed by atoms with Crippen molar-refractivity contribution in [3.8, 4) is 11.1 Å². The van der Waals surface area contributed by atoms with Crippen molar-refractivity contribution >= 4 is 45.5 Å². The van der Waals surface area contributed by atoms with E-state index in [9.17, 15) is 9.18 Å². The van der Waals surface area contributed by atoms with E-state index in [1.807, 2.05) is 18.5 Å². The highest BCUT2D eigenvalue weighted by atomic mass is 79.9. The molecule has 1 fully saturated rings. The summed E-state index contributed by atoms with van der Waals surface area (Å²) in [5, 5.41) is 0.916. The van der Waals surface area contributed by atoms with Crippen LogP contribution in [0.1, 0.15) is 5.56 Å². The molecule has 4 heterocycles. The summed E-state index contributed by atoms with van der Waals surface area (Å²) in [4.78, 5) is 19.7. The first-order chi connectivity index (χ1) is 15.5. The van der Waals surface area contributed by atoms with E-state index in [2.05, 4.69) is 44.7 Å². The number of thiol groups is 1. The largest absolute Gasteiger partial charge is 0.378 e. The molecule has 0 radical (unpaired) electrons. The van der Waals surface area contributed by atoms with Crippen LogP contribution in [0.5, 0.6) is 0 Å². The number of halogens is 2. The van der Waals surface area contributed by atoms with Crippen LogP contribution in [0.25, 0.3) is 22.2 Å². The zero-order valence-electron chi connectivity index (χ0n) is 17.0. The molecule has 1 aromatic carbocycles. The minimum absolute atomic E-state index is 0.154. The first kappa shape index (κ1) is 21.2. The number of fused-ring (bicyclic) bond motifs is 1. The molecule has 1 aliphatic heterocycles. The van der Waals surface area contributed by atoms with Crippen molar-refractivity contribution in [2.24, 2.45) is 0 Å². The molecule has 0 unspecified atom stereocenters. The minimum atomic E-state index is -0.358. The van der Waals surface area contributed by atoms with Crippen LogP contribution < -0.4 is 10.5 Å². The first-order valence-corrected chi connectivity index (χ1v) is 11.4. The van der Waals surface area contributed by atoms with Gasteiger partial charge < -0.3 is 14.2 Å². The van der Waals surface area contributed by atoms with E-state index >= 15 is 0 Å². The van der Waals surface area contributed by atoms with Crippen LogP contribution in [0, 0.1) is 5.82 Å². The molecule has 0 N–H and O–H groups in total. The standard InChI is InChI=1S/C23H20BrFN4O2S/c24-20-3-1-2-16(22(20)25)13-28-5-4-15(10-21(28)30)19-14-29(32)23-18(19)11-17(12-26-23)27-6-8-31-9-7-27/h1-5,10-12,14,32H,6-9,13H2. The maximum atomic E-state index is 14.3. The van der Waals surface area contributed by atoms with E-state index in [0.29, 0.717) is 23.2 Å². The number of pyridine rings is 2. The molecule has 4 aromatic rings. The number of nitrogens with zero attached hydrogens (tertiary/aromatic N) is 4. The maximum Gasteiger partial charge on any atom is 0.251 e. The number of anilines is 1. The molecule has 1 aliphatic rings. The van der Waals surface area contributed by atoms with E-state index in [1.54, 1.807) is 34.4 Å². The predicted molar refractivity (Wildman–Crippen MR) is 130 cm³/mol. The Morgan fingerprint density at radius 1 is 1.19 bits per heavy atom. The Balaban J connectivity index is 1.51. The van der Waals surface area contributed by atoms with Gasteiger partial charge in [0.2, 0.25) is 0 Å². The van der Waals surface area contributed by atoms with E-state index in [1.165, 1.54) is 4.57 Å². The highest BCUT2D eigenvalue weighted by molar-refractivity contribution is 9.10. The van der Waals surface area contributed by atoms with Crippen LogP contribution in [0.4, 0.5) is 10.1 Å². The molecular weight excluding hydrogens is 495 g/mol. The Morgan fingerprint density at radius 3 is 2.78 bits per heavy atom. The van der Waals surface area contributed by atoms with Crippen LogP contribution in [-0.2, 0) is 11.3 Å². The summed E-state index contributed by atoms with van der Waals surface area (Å²) in [7, 11) is 0. The van der Waals surface area contributed by atoms with Crippen molar-refractivity contribution in [1.82, 2.24) is 13.5 Å².